The molecule has 1 N–H and O–H groups in total. The lowest BCUT2D eigenvalue weighted by molar-refractivity contribution is 0.158. The number of alkyl carbamates (subject to hydrolysis) is 1. The van der Waals surface area contributed by atoms with Crippen molar-refractivity contribution in [3.8, 4) is 0 Å². The summed E-state index contributed by atoms with van der Waals surface area (Å²) in [6, 6.07) is 0. The van der Waals surface area contributed by atoms with Crippen LogP contribution in [0.5, 0.6) is 0 Å². The summed E-state index contributed by atoms with van der Waals surface area (Å²) in [5.41, 5.74) is 0. The molecule has 0 saturated heterocycles. The van der Waals surface area contributed by atoms with E-state index in [0.29, 0.717) is 13.2 Å². The molecule has 0 unspecified atom stereocenters. The largest absolute Gasteiger partial charge is 0.445 e. The van der Waals surface area contributed by atoms with Gasteiger partial charge in [0.1, 0.15) is 6.61 Å². The topological polar surface area (TPSA) is 38.3 Å². The van der Waals surface area contributed by atoms with Gasteiger partial charge >= 0.3 is 6.09 Å². The van der Waals surface area contributed by atoms with Gasteiger partial charge in [0.25, 0.3) is 0 Å². The third-order valence-electron chi connectivity index (χ3n) is 2.05. The normalized spacial score (nSPS) is 11.1. The average Bonchev–Trinajstić information content (AvgIpc) is 2.28. The number of amides is 1. The molecule has 0 aliphatic heterocycles. The smallest absolute Gasteiger partial charge is 0.407 e. The van der Waals surface area contributed by atoms with Gasteiger partial charge in [-0.15, -0.1) is 0 Å². The lowest BCUT2D eigenvalue weighted by Crippen LogP contribution is -2.25. The van der Waals surface area contributed by atoms with Crippen molar-refractivity contribution in [2.24, 2.45) is 0 Å². The van der Waals surface area contributed by atoms with Crippen LogP contribution in [0.15, 0.2) is 24.3 Å². The number of unbranched alkanes of at least 4 members (excludes halogenated alkanes) is 3. The van der Waals surface area contributed by atoms with Crippen molar-refractivity contribution in [1.29, 1.82) is 0 Å². The van der Waals surface area contributed by atoms with Crippen LogP contribution in [0.2, 0.25) is 0 Å². The van der Waals surface area contributed by atoms with Gasteiger partial charge in [-0.05, 0) is 19.4 Å². The highest BCUT2D eigenvalue weighted by Gasteiger charge is 1.97. The molecule has 0 aliphatic carbocycles. The van der Waals surface area contributed by atoms with Crippen LogP contribution < -0.4 is 5.32 Å². The van der Waals surface area contributed by atoms with Crippen molar-refractivity contribution in [2.45, 2.75) is 39.5 Å². The second-order valence-electron chi connectivity index (χ2n) is 3.54. The first kappa shape index (κ1) is 14.8. The minimum atomic E-state index is -0.332. The zero-order chi connectivity index (χ0) is 12.1. The van der Waals surface area contributed by atoms with E-state index in [0.717, 1.165) is 12.8 Å². The van der Waals surface area contributed by atoms with Gasteiger partial charge in [0.2, 0.25) is 0 Å². The fraction of sp³-hybridized carbons (Fsp3) is 0.615. The predicted octanol–water partition coefficient (Wildman–Crippen LogP) is 3.43. The van der Waals surface area contributed by atoms with Crippen molar-refractivity contribution in [3.05, 3.63) is 24.3 Å². The van der Waals surface area contributed by atoms with E-state index in [1.807, 2.05) is 25.2 Å². The van der Waals surface area contributed by atoms with Gasteiger partial charge in [-0.2, -0.15) is 0 Å². The molecule has 0 fully saturated rings. The van der Waals surface area contributed by atoms with Crippen molar-refractivity contribution >= 4 is 6.09 Å². The first-order chi connectivity index (χ1) is 7.81. The van der Waals surface area contributed by atoms with E-state index in [-0.39, 0.29) is 6.09 Å². The van der Waals surface area contributed by atoms with Crippen molar-refractivity contribution in [2.75, 3.05) is 13.2 Å². The summed E-state index contributed by atoms with van der Waals surface area (Å²) in [5, 5.41) is 2.72. The summed E-state index contributed by atoms with van der Waals surface area (Å²) in [4.78, 5) is 11.1. The van der Waals surface area contributed by atoms with Gasteiger partial charge in [-0.3, -0.25) is 0 Å². The summed E-state index contributed by atoms with van der Waals surface area (Å²) in [5.74, 6) is 0. The number of hydrogen-bond donors (Lipinski definition) is 1. The molecule has 0 saturated carbocycles. The van der Waals surface area contributed by atoms with E-state index < -0.39 is 0 Å². The first-order valence-corrected chi connectivity index (χ1v) is 5.99. The first-order valence-electron chi connectivity index (χ1n) is 5.99. The van der Waals surface area contributed by atoms with Gasteiger partial charge in [0.05, 0.1) is 0 Å². The van der Waals surface area contributed by atoms with Crippen LogP contribution in [0.3, 0.4) is 0 Å². The molecule has 92 valence electrons. The van der Waals surface area contributed by atoms with Crippen molar-refractivity contribution < 1.29 is 9.53 Å². The Balaban J connectivity index is 3.31. The number of carbonyl (C=O) groups excluding carboxylic acids is 1. The van der Waals surface area contributed by atoms with E-state index in [1.54, 1.807) is 6.08 Å². The summed E-state index contributed by atoms with van der Waals surface area (Å²) < 4.78 is 4.92. The van der Waals surface area contributed by atoms with Crippen LogP contribution in [-0.2, 0) is 4.74 Å². The van der Waals surface area contributed by atoms with E-state index in [1.165, 1.54) is 12.8 Å². The Labute approximate surface area is 98.6 Å². The number of allylic oxidation sites excluding steroid dienone is 3. The Bertz CT molecular complexity index is 222. The maximum atomic E-state index is 11.1. The van der Waals surface area contributed by atoms with Crippen molar-refractivity contribution in [3.63, 3.8) is 0 Å². The molecular weight excluding hydrogens is 202 g/mol. The Morgan fingerprint density at radius 1 is 1.25 bits per heavy atom. The van der Waals surface area contributed by atoms with Gasteiger partial charge in [0.15, 0.2) is 0 Å². The average molecular weight is 225 g/mol. The van der Waals surface area contributed by atoms with Crippen LogP contribution in [0.1, 0.15) is 39.5 Å². The van der Waals surface area contributed by atoms with Gasteiger partial charge in [-0.1, -0.05) is 44.4 Å². The lowest BCUT2D eigenvalue weighted by atomic mass is 10.2. The third kappa shape index (κ3) is 10.8. The minimum Gasteiger partial charge on any atom is -0.445 e. The Morgan fingerprint density at radius 3 is 2.75 bits per heavy atom. The number of hydrogen-bond acceptors (Lipinski definition) is 2. The molecule has 0 heterocycles. The summed E-state index contributed by atoms with van der Waals surface area (Å²) in [7, 11) is 0. The van der Waals surface area contributed by atoms with E-state index >= 15 is 0 Å². The van der Waals surface area contributed by atoms with E-state index in [9.17, 15) is 4.79 Å². The predicted molar refractivity (Wildman–Crippen MR) is 67.4 cm³/mol. The Morgan fingerprint density at radius 2 is 2.06 bits per heavy atom. The molecule has 16 heavy (non-hydrogen) atoms. The number of rotatable bonds is 8. The summed E-state index contributed by atoms with van der Waals surface area (Å²) >= 11 is 0. The monoisotopic (exact) mass is 225 g/mol. The lowest BCUT2D eigenvalue weighted by Gasteiger charge is -2.04. The fourth-order valence-corrected chi connectivity index (χ4v) is 1.16. The van der Waals surface area contributed by atoms with Crippen LogP contribution in [-0.4, -0.2) is 19.2 Å². The summed E-state index contributed by atoms with van der Waals surface area (Å²) in [6.45, 7) is 5.13. The third-order valence-corrected chi connectivity index (χ3v) is 2.05. The molecule has 0 aromatic rings. The van der Waals surface area contributed by atoms with Gasteiger partial charge < -0.3 is 10.1 Å². The fourth-order valence-electron chi connectivity index (χ4n) is 1.16. The molecule has 0 radical (unpaired) electrons. The van der Waals surface area contributed by atoms with E-state index in [2.05, 4.69) is 12.2 Å². The van der Waals surface area contributed by atoms with Crippen LogP contribution in [0.25, 0.3) is 0 Å². The number of carbonyl (C=O) groups is 1. The van der Waals surface area contributed by atoms with Gasteiger partial charge in [-0.25, -0.2) is 4.79 Å². The quantitative estimate of drug-likeness (QED) is 0.507. The molecule has 0 bridgehead atoms. The standard InChI is InChI=1S/C13H23NO2/c1-3-5-7-9-11-14-13(15)16-12-10-8-6-4-2/h4,6,8,10H,3,5,7,9,11-12H2,1-2H3,(H,14,15)/b6-4+,10-8+. The Hall–Kier alpha value is -1.25. The molecule has 0 atom stereocenters. The second kappa shape index (κ2) is 11.8. The minimum absolute atomic E-state index is 0.325. The highest BCUT2D eigenvalue weighted by Crippen LogP contribution is 1.97. The molecule has 3 heteroatoms. The molecule has 3 nitrogen and oxygen atoms in total. The zero-order valence-electron chi connectivity index (χ0n) is 10.4. The maximum Gasteiger partial charge on any atom is 0.407 e. The highest BCUT2D eigenvalue weighted by molar-refractivity contribution is 5.67. The van der Waals surface area contributed by atoms with Crippen LogP contribution in [0, 0.1) is 0 Å². The SMILES string of the molecule is C/C=C/C=C/COC(=O)NCCCCCC. The number of ether oxygens (including phenoxy) is 1. The van der Waals surface area contributed by atoms with Crippen LogP contribution in [0.4, 0.5) is 4.79 Å². The van der Waals surface area contributed by atoms with Crippen LogP contribution >= 0.6 is 0 Å². The maximum absolute atomic E-state index is 11.1. The highest BCUT2D eigenvalue weighted by atomic mass is 16.5. The molecule has 0 aliphatic rings. The zero-order valence-corrected chi connectivity index (χ0v) is 10.4. The van der Waals surface area contributed by atoms with Crippen molar-refractivity contribution in [1.82, 2.24) is 5.32 Å². The number of nitrogens with one attached hydrogen (secondary N) is 1. The molecule has 0 rings (SSSR count). The van der Waals surface area contributed by atoms with Gasteiger partial charge in [0, 0.05) is 6.54 Å². The molecule has 0 spiro atoms. The molecule has 0 aromatic heterocycles. The molecule has 0 aromatic carbocycles. The second-order valence-corrected chi connectivity index (χ2v) is 3.54. The summed E-state index contributed by atoms with van der Waals surface area (Å²) in [6.07, 6.45) is 11.8. The van der Waals surface area contributed by atoms with E-state index in [4.69, 9.17) is 4.74 Å². The molecule has 1 amide bonds. The molecular formula is C13H23NO2. The Kier molecular flexibility index (Phi) is 10.9.